The monoisotopic (exact) mass is 245 g/mol. The van der Waals surface area contributed by atoms with Crippen molar-refractivity contribution in [3.8, 4) is 0 Å². The summed E-state index contributed by atoms with van der Waals surface area (Å²) in [6.45, 7) is 4.14. The van der Waals surface area contributed by atoms with Crippen LogP contribution in [0.3, 0.4) is 0 Å². The minimum Gasteiger partial charge on any atom is -0.384 e. The SMILES string of the molecule is Cc1ccc(C(NN)c2cnn(C)c2N)c(C)c1. The largest absolute Gasteiger partial charge is 0.384 e. The zero-order valence-corrected chi connectivity index (χ0v) is 10.9. The van der Waals surface area contributed by atoms with E-state index in [-0.39, 0.29) is 6.04 Å². The van der Waals surface area contributed by atoms with Gasteiger partial charge >= 0.3 is 0 Å². The Hall–Kier alpha value is -1.85. The quantitative estimate of drug-likeness (QED) is 0.560. The summed E-state index contributed by atoms with van der Waals surface area (Å²) in [6.07, 6.45) is 1.75. The molecule has 0 bridgehead atoms. The second-order valence-corrected chi connectivity index (χ2v) is 4.57. The van der Waals surface area contributed by atoms with Gasteiger partial charge in [-0.2, -0.15) is 5.10 Å². The maximum Gasteiger partial charge on any atom is 0.126 e. The van der Waals surface area contributed by atoms with E-state index < -0.39 is 0 Å². The number of hydrogen-bond donors (Lipinski definition) is 3. The van der Waals surface area contributed by atoms with E-state index in [0.717, 1.165) is 11.1 Å². The lowest BCUT2D eigenvalue weighted by Gasteiger charge is -2.18. The minimum atomic E-state index is -0.140. The Kier molecular flexibility index (Phi) is 3.36. The Bertz CT molecular complexity index is 559. The molecular formula is C13H19N5. The van der Waals surface area contributed by atoms with Gasteiger partial charge in [0, 0.05) is 12.6 Å². The van der Waals surface area contributed by atoms with Crippen LogP contribution in [-0.4, -0.2) is 9.78 Å². The first-order chi connectivity index (χ1) is 8.54. The fourth-order valence-corrected chi connectivity index (χ4v) is 2.18. The van der Waals surface area contributed by atoms with Gasteiger partial charge < -0.3 is 5.73 Å². The van der Waals surface area contributed by atoms with Gasteiger partial charge in [0.2, 0.25) is 0 Å². The Labute approximate surface area is 107 Å². The minimum absolute atomic E-state index is 0.140. The molecule has 96 valence electrons. The van der Waals surface area contributed by atoms with Crippen molar-refractivity contribution < 1.29 is 0 Å². The number of anilines is 1. The van der Waals surface area contributed by atoms with Gasteiger partial charge in [-0.05, 0) is 25.0 Å². The highest BCUT2D eigenvalue weighted by Gasteiger charge is 2.19. The number of hydrogen-bond acceptors (Lipinski definition) is 4. The average Bonchev–Trinajstić information content (AvgIpc) is 2.65. The van der Waals surface area contributed by atoms with E-state index in [9.17, 15) is 0 Å². The standard InChI is InChI=1S/C13H19N5/c1-8-4-5-10(9(2)6-8)12(17-15)11-7-16-18(3)13(11)14/h4-7,12,17H,14-15H2,1-3H3. The van der Waals surface area contributed by atoms with Gasteiger partial charge in [-0.1, -0.05) is 23.8 Å². The van der Waals surface area contributed by atoms with Crippen LogP contribution >= 0.6 is 0 Å². The van der Waals surface area contributed by atoms with E-state index >= 15 is 0 Å². The molecule has 0 saturated carbocycles. The number of hydrazine groups is 1. The smallest absolute Gasteiger partial charge is 0.126 e. The molecule has 1 aromatic heterocycles. The van der Waals surface area contributed by atoms with Crippen molar-refractivity contribution in [2.24, 2.45) is 12.9 Å². The molecule has 0 radical (unpaired) electrons. The van der Waals surface area contributed by atoms with Crippen LogP contribution in [0.5, 0.6) is 0 Å². The first kappa shape index (κ1) is 12.6. The fourth-order valence-electron chi connectivity index (χ4n) is 2.18. The molecule has 5 heteroatoms. The molecule has 1 heterocycles. The molecule has 2 rings (SSSR count). The summed E-state index contributed by atoms with van der Waals surface area (Å²) >= 11 is 0. The molecule has 1 aromatic carbocycles. The van der Waals surface area contributed by atoms with Crippen LogP contribution < -0.4 is 17.0 Å². The van der Waals surface area contributed by atoms with Crippen LogP contribution in [0.15, 0.2) is 24.4 Å². The number of nitrogens with zero attached hydrogens (tertiary/aromatic N) is 2. The van der Waals surface area contributed by atoms with E-state index in [2.05, 4.69) is 42.6 Å². The lowest BCUT2D eigenvalue weighted by Crippen LogP contribution is -2.29. The molecule has 5 nitrogen and oxygen atoms in total. The Morgan fingerprint density at radius 2 is 2.00 bits per heavy atom. The van der Waals surface area contributed by atoms with E-state index in [4.69, 9.17) is 11.6 Å². The number of rotatable bonds is 3. The Balaban J connectivity index is 2.48. The van der Waals surface area contributed by atoms with Crippen LogP contribution in [0, 0.1) is 13.8 Å². The van der Waals surface area contributed by atoms with E-state index in [0.29, 0.717) is 5.82 Å². The number of nitrogens with two attached hydrogens (primary N) is 2. The summed E-state index contributed by atoms with van der Waals surface area (Å²) in [5.74, 6) is 6.30. The molecule has 2 aromatic rings. The van der Waals surface area contributed by atoms with Gasteiger partial charge in [0.25, 0.3) is 0 Å². The molecule has 0 amide bonds. The van der Waals surface area contributed by atoms with Crippen molar-refractivity contribution in [3.05, 3.63) is 46.6 Å². The molecule has 0 spiro atoms. The summed E-state index contributed by atoms with van der Waals surface area (Å²) in [4.78, 5) is 0. The van der Waals surface area contributed by atoms with Crippen LogP contribution in [0.2, 0.25) is 0 Å². The lowest BCUT2D eigenvalue weighted by atomic mass is 9.95. The van der Waals surface area contributed by atoms with Crippen molar-refractivity contribution in [2.75, 3.05) is 5.73 Å². The van der Waals surface area contributed by atoms with Gasteiger partial charge in [-0.15, -0.1) is 0 Å². The normalized spacial score (nSPS) is 12.7. The van der Waals surface area contributed by atoms with Gasteiger partial charge in [0.15, 0.2) is 0 Å². The average molecular weight is 245 g/mol. The van der Waals surface area contributed by atoms with E-state index in [1.807, 2.05) is 7.05 Å². The van der Waals surface area contributed by atoms with Gasteiger partial charge in [0.1, 0.15) is 5.82 Å². The predicted molar refractivity (Wildman–Crippen MR) is 72.7 cm³/mol. The van der Waals surface area contributed by atoms with Gasteiger partial charge in [-0.3, -0.25) is 10.5 Å². The van der Waals surface area contributed by atoms with Crippen LogP contribution in [0.1, 0.15) is 28.3 Å². The third-order valence-electron chi connectivity index (χ3n) is 3.23. The van der Waals surface area contributed by atoms with Crippen LogP contribution in [0.25, 0.3) is 0 Å². The third-order valence-corrected chi connectivity index (χ3v) is 3.23. The van der Waals surface area contributed by atoms with Gasteiger partial charge in [-0.25, -0.2) is 5.43 Å². The maximum atomic E-state index is 6.00. The van der Waals surface area contributed by atoms with Crippen molar-refractivity contribution >= 4 is 5.82 Å². The summed E-state index contributed by atoms with van der Waals surface area (Å²) in [6, 6.07) is 6.13. The molecule has 1 atom stereocenters. The van der Waals surface area contributed by atoms with E-state index in [1.54, 1.807) is 10.9 Å². The van der Waals surface area contributed by atoms with Crippen LogP contribution in [0.4, 0.5) is 5.82 Å². The van der Waals surface area contributed by atoms with E-state index in [1.165, 1.54) is 11.1 Å². The summed E-state index contributed by atoms with van der Waals surface area (Å²) in [7, 11) is 1.81. The maximum absolute atomic E-state index is 6.00. The highest BCUT2D eigenvalue weighted by atomic mass is 15.3. The molecule has 1 unspecified atom stereocenters. The lowest BCUT2D eigenvalue weighted by molar-refractivity contribution is 0.634. The van der Waals surface area contributed by atoms with Crippen molar-refractivity contribution in [1.29, 1.82) is 0 Å². The second-order valence-electron chi connectivity index (χ2n) is 4.57. The topological polar surface area (TPSA) is 81.9 Å². The Morgan fingerprint density at radius 1 is 1.28 bits per heavy atom. The molecule has 0 fully saturated rings. The zero-order chi connectivity index (χ0) is 13.3. The van der Waals surface area contributed by atoms with Crippen LogP contribution in [-0.2, 0) is 7.05 Å². The number of aryl methyl sites for hydroxylation is 3. The van der Waals surface area contributed by atoms with Gasteiger partial charge in [0.05, 0.1) is 12.2 Å². The first-order valence-electron chi connectivity index (χ1n) is 5.85. The second kappa shape index (κ2) is 4.80. The number of nitrogens with one attached hydrogen (secondary N) is 1. The third kappa shape index (κ3) is 2.10. The summed E-state index contributed by atoms with van der Waals surface area (Å²) in [5.41, 5.74) is 13.2. The Morgan fingerprint density at radius 3 is 2.50 bits per heavy atom. The molecule has 18 heavy (non-hydrogen) atoms. The van der Waals surface area contributed by atoms with Crippen molar-refractivity contribution in [3.63, 3.8) is 0 Å². The molecule has 0 aliphatic heterocycles. The number of aromatic nitrogens is 2. The van der Waals surface area contributed by atoms with Crippen molar-refractivity contribution in [1.82, 2.24) is 15.2 Å². The number of benzene rings is 1. The fraction of sp³-hybridized carbons (Fsp3) is 0.308. The first-order valence-corrected chi connectivity index (χ1v) is 5.85. The molecule has 0 saturated heterocycles. The molecular weight excluding hydrogens is 226 g/mol. The van der Waals surface area contributed by atoms with Crippen molar-refractivity contribution in [2.45, 2.75) is 19.9 Å². The molecule has 5 N–H and O–H groups in total. The molecule has 0 aliphatic carbocycles. The number of nitrogen functional groups attached to an aromatic ring is 1. The predicted octanol–water partition coefficient (Wildman–Crippen LogP) is 1.17. The summed E-state index contributed by atoms with van der Waals surface area (Å²) < 4.78 is 1.64. The zero-order valence-electron chi connectivity index (χ0n) is 10.9. The molecule has 0 aliphatic rings. The summed E-state index contributed by atoms with van der Waals surface area (Å²) in [5, 5.41) is 4.15. The highest BCUT2D eigenvalue weighted by molar-refractivity contribution is 5.47. The highest BCUT2D eigenvalue weighted by Crippen LogP contribution is 2.28.